The average Bonchev–Trinajstić information content (AvgIpc) is 2.76. The number of ether oxygens (including phenoxy) is 1. The van der Waals surface area contributed by atoms with Crippen LogP contribution in [0.25, 0.3) is 11.3 Å². The third kappa shape index (κ3) is 2.48. The van der Waals surface area contributed by atoms with E-state index in [9.17, 15) is 9.18 Å². The highest BCUT2D eigenvalue weighted by molar-refractivity contribution is 5.70. The first-order valence-electron chi connectivity index (χ1n) is 5.19. The fourth-order valence-corrected chi connectivity index (χ4v) is 1.62. The number of imidazole rings is 1. The van der Waals surface area contributed by atoms with Gasteiger partial charge in [0.05, 0.1) is 19.0 Å². The van der Waals surface area contributed by atoms with Crippen LogP contribution >= 0.6 is 0 Å². The first-order chi connectivity index (χ1) is 8.60. The molecular weight excluding hydrogens is 239 g/mol. The Hall–Kier alpha value is -2.37. The van der Waals surface area contributed by atoms with Crippen molar-refractivity contribution >= 4 is 5.97 Å². The number of rotatable bonds is 4. The number of aliphatic carboxylic acids is 1. The minimum Gasteiger partial charge on any atom is -0.496 e. The molecule has 0 unspecified atom stereocenters. The Morgan fingerprint density at radius 1 is 1.56 bits per heavy atom. The van der Waals surface area contributed by atoms with Crippen LogP contribution in [-0.2, 0) is 11.2 Å². The number of carbonyl (C=O) groups is 1. The largest absolute Gasteiger partial charge is 0.496 e. The molecule has 0 saturated heterocycles. The van der Waals surface area contributed by atoms with Crippen LogP contribution < -0.4 is 4.74 Å². The predicted octanol–water partition coefficient (Wildman–Crippen LogP) is 1.85. The summed E-state index contributed by atoms with van der Waals surface area (Å²) in [5.74, 6) is -0.590. The topological polar surface area (TPSA) is 75.2 Å². The zero-order valence-electron chi connectivity index (χ0n) is 9.61. The molecule has 2 N–H and O–H groups in total. The Labute approximate surface area is 102 Å². The standard InChI is InChI=1S/C12H11FN2O3/c1-18-10-3-2-7(13)4-8(10)9-6-14-11(15-9)5-12(16)17/h2-4,6H,5H2,1H3,(H,14,15)(H,16,17). The van der Waals surface area contributed by atoms with E-state index in [-0.39, 0.29) is 6.42 Å². The molecule has 1 aromatic heterocycles. The molecule has 0 saturated carbocycles. The van der Waals surface area contributed by atoms with Crippen LogP contribution in [0.1, 0.15) is 5.82 Å². The molecular formula is C12H11FN2O3. The summed E-state index contributed by atoms with van der Waals surface area (Å²) < 4.78 is 18.3. The number of hydrogen-bond acceptors (Lipinski definition) is 3. The maximum Gasteiger partial charge on any atom is 0.311 e. The number of aromatic amines is 1. The van der Waals surface area contributed by atoms with E-state index in [4.69, 9.17) is 9.84 Å². The molecule has 18 heavy (non-hydrogen) atoms. The van der Waals surface area contributed by atoms with Crippen LogP contribution in [0.2, 0.25) is 0 Å². The van der Waals surface area contributed by atoms with Gasteiger partial charge >= 0.3 is 5.97 Å². The van der Waals surface area contributed by atoms with Gasteiger partial charge in [-0.25, -0.2) is 9.37 Å². The summed E-state index contributed by atoms with van der Waals surface area (Å²) in [6.45, 7) is 0. The molecule has 0 aliphatic carbocycles. The van der Waals surface area contributed by atoms with Crippen LogP contribution in [0.5, 0.6) is 5.75 Å². The molecule has 1 aromatic carbocycles. The summed E-state index contributed by atoms with van der Waals surface area (Å²) in [7, 11) is 1.48. The van der Waals surface area contributed by atoms with E-state index in [1.165, 1.54) is 31.5 Å². The van der Waals surface area contributed by atoms with Crippen molar-refractivity contribution in [1.82, 2.24) is 9.97 Å². The zero-order valence-corrected chi connectivity index (χ0v) is 9.61. The minimum atomic E-state index is -0.984. The summed E-state index contributed by atoms with van der Waals surface area (Å²) in [5.41, 5.74) is 1.02. The summed E-state index contributed by atoms with van der Waals surface area (Å²) in [4.78, 5) is 17.3. The lowest BCUT2D eigenvalue weighted by Gasteiger charge is -2.06. The number of methoxy groups -OCH3 is 1. The van der Waals surface area contributed by atoms with Gasteiger partial charge in [-0.3, -0.25) is 4.79 Å². The molecule has 0 radical (unpaired) electrons. The van der Waals surface area contributed by atoms with Crippen molar-refractivity contribution < 1.29 is 19.0 Å². The van der Waals surface area contributed by atoms with Crippen molar-refractivity contribution in [3.8, 4) is 17.0 Å². The second-order valence-electron chi connectivity index (χ2n) is 3.66. The van der Waals surface area contributed by atoms with Crippen molar-refractivity contribution in [3.05, 3.63) is 36.0 Å². The number of carboxylic acids is 1. The van der Waals surface area contributed by atoms with Crippen LogP contribution in [0.3, 0.4) is 0 Å². The Kier molecular flexibility index (Phi) is 3.27. The van der Waals surface area contributed by atoms with Gasteiger partial charge in [0.1, 0.15) is 23.8 Å². The van der Waals surface area contributed by atoms with Gasteiger partial charge in [0, 0.05) is 5.56 Å². The number of benzene rings is 1. The van der Waals surface area contributed by atoms with E-state index in [1.54, 1.807) is 0 Å². The maximum atomic E-state index is 13.2. The molecule has 6 heteroatoms. The van der Waals surface area contributed by atoms with E-state index in [2.05, 4.69) is 9.97 Å². The van der Waals surface area contributed by atoms with Crippen LogP contribution in [0.15, 0.2) is 24.4 Å². The molecule has 0 aliphatic heterocycles. The van der Waals surface area contributed by atoms with Crippen LogP contribution in [-0.4, -0.2) is 28.2 Å². The number of aromatic nitrogens is 2. The van der Waals surface area contributed by atoms with Gasteiger partial charge < -0.3 is 14.8 Å². The molecule has 2 aromatic rings. The lowest BCUT2D eigenvalue weighted by atomic mass is 10.1. The van der Waals surface area contributed by atoms with Crippen molar-refractivity contribution in [2.75, 3.05) is 7.11 Å². The van der Waals surface area contributed by atoms with E-state index in [0.717, 1.165) is 0 Å². The third-order valence-corrected chi connectivity index (χ3v) is 2.40. The van der Waals surface area contributed by atoms with Crippen LogP contribution in [0.4, 0.5) is 4.39 Å². The highest BCUT2D eigenvalue weighted by Gasteiger charge is 2.11. The van der Waals surface area contributed by atoms with Gasteiger partial charge in [-0.2, -0.15) is 0 Å². The number of halogens is 1. The molecule has 94 valence electrons. The smallest absolute Gasteiger partial charge is 0.311 e. The molecule has 0 fully saturated rings. The van der Waals surface area contributed by atoms with Gasteiger partial charge in [-0.05, 0) is 18.2 Å². The summed E-state index contributed by atoms with van der Waals surface area (Å²) in [6, 6.07) is 4.09. The van der Waals surface area contributed by atoms with Gasteiger partial charge in [-0.1, -0.05) is 0 Å². The van der Waals surface area contributed by atoms with E-state index < -0.39 is 11.8 Å². The first kappa shape index (κ1) is 12.1. The summed E-state index contributed by atoms with van der Waals surface area (Å²) in [5, 5.41) is 8.65. The van der Waals surface area contributed by atoms with E-state index >= 15 is 0 Å². The zero-order chi connectivity index (χ0) is 13.1. The Bertz CT molecular complexity index is 580. The Balaban J connectivity index is 2.38. The number of nitrogens with zero attached hydrogens (tertiary/aromatic N) is 1. The molecule has 5 nitrogen and oxygen atoms in total. The molecule has 0 amide bonds. The first-order valence-corrected chi connectivity index (χ1v) is 5.19. The van der Waals surface area contributed by atoms with Crippen molar-refractivity contribution in [2.45, 2.75) is 6.42 Å². The van der Waals surface area contributed by atoms with Crippen molar-refractivity contribution in [1.29, 1.82) is 0 Å². The number of hydrogen-bond donors (Lipinski definition) is 2. The highest BCUT2D eigenvalue weighted by Crippen LogP contribution is 2.29. The van der Waals surface area contributed by atoms with Crippen molar-refractivity contribution in [3.63, 3.8) is 0 Å². The number of carboxylic acid groups (broad SMARTS) is 1. The second-order valence-corrected chi connectivity index (χ2v) is 3.66. The number of H-pyrrole nitrogens is 1. The van der Waals surface area contributed by atoms with Gasteiger partial charge in [0.25, 0.3) is 0 Å². The van der Waals surface area contributed by atoms with E-state index in [0.29, 0.717) is 22.8 Å². The summed E-state index contributed by atoms with van der Waals surface area (Å²) >= 11 is 0. The van der Waals surface area contributed by atoms with Crippen molar-refractivity contribution in [2.24, 2.45) is 0 Å². The maximum absolute atomic E-state index is 13.2. The fourth-order valence-electron chi connectivity index (χ4n) is 1.62. The van der Waals surface area contributed by atoms with E-state index in [1.807, 2.05) is 0 Å². The number of nitrogens with one attached hydrogen (secondary N) is 1. The molecule has 0 bridgehead atoms. The molecule has 0 spiro atoms. The monoisotopic (exact) mass is 250 g/mol. The van der Waals surface area contributed by atoms with Gasteiger partial charge in [0.15, 0.2) is 0 Å². The molecule has 1 heterocycles. The molecule has 0 aliphatic rings. The average molecular weight is 250 g/mol. The Morgan fingerprint density at radius 3 is 3.00 bits per heavy atom. The summed E-state index contributed by atoms with van der Waals surface area (Å²) in [6.07, 6.45) is 1.24. The second kappa shape index (κ2) is 4.87. The van der Waals surface area contributed by atoms with Gasteiger partial charge in [-0.15, -0.1) is 0 Å². The highest BCUT2D eigenvalue weighted by atomic mass is 19.1. The predicted molar refractivity (Wildman–Crippen MR) is 61.9 cm³/mol. The lowest BCUT2D eigenvalue weighted by Crippen LogP contribution is -2.01. The quantitative estimate of drug-likeness (QED) is 0.868. The fraction of sp³-hybridized carbons (Fsp3) is 0.167. The molecule has 2 rings (SSSR count). The molecule has 0 atom stereocenters. The minimum absolute atomic E-state index is 0.211. The third-order valence-electron chi connectivity index (χ3n) is 2.40. The lowest BCUT2D eigenvalue weighted by molar-refractivity contribution is -0.136. The SMILES string of the molecule is COc1ccc(F)cc1-c1cnc(CC(=O)O)[nH]1. The Morgan fingerprint density at radius 2 is 2.33 bits per heavy atom. The van der Waals surface area contributed by atoms with Gasteiger partial charge in [0.2, 0.25) is 0 Å². The van der Waals surface area contributed by atoms with Crippen LogP contribution in [0, 0.1) is 5.82 Å². The normalized spacial score (nSPS) is 10.3.